The van der Waals surface area contributed by atoms with Gasteiger partial charge < -0.3 is 4.55 Å². The zero-order valence-electron chi connectivity index (χ0n) is 16.8. The van der Waals surface area contributed by atoms with Crippen LogP contribution in [0.25, 0.3) is 11.3 Å². The highest BCUT2D eigenvalue weighted by molar-refractivity contribution is 7.93. The maximum absolute atomic E-state index is 13.3. The van der Waals surface area contributed by atoms with Gasteiger partial charge in [0.15, 0.2) is 0 Å². The van der Waals surface area contributed by atoms with Gasteiger partial charge in [-0.1, -0.05) is 0 Å². The predicted molar refractivity (Wildman–Crippen MR) is 109 cm³/mol. The van der Waals surface area contributed by atoms with E-state index in [1.807, 2.05) is 0 Å². The molecule has 11 heteroatoms. The summed E-state index contributed by atoms with van der Waals surface area (Å²) in [6.07, 6.45) is 1.17. The molecule has 0 saturated heterocycles. The van der Waals surface area contributed by atoms with Gasteiger partial charge in [-0.05, 0) is 38.5 Å². The molecular weight excluding hydrogens is 431 g/mol. The molecule has 0 bridgehead atoms. The van der Waals surface area contributed by atoms with Gasteiger partial charge in [0.05, 0.1) is 39.3 Å². The summed E-state index contributed by atoms with van der Waals surface area (Å²) in [4.78, 5) is 24.0. The summed E-state index contributed by atoms with van der Waals surface area (Å²) < 4.78 is 48.2. The molecule has 1 amide bonds. The molecule has 1 aliphatic rings. The third kappa shape index (κ3) is 3.79. The molecule has 4 rings (SSSR count). The van der Waals surface area contributed by atoms with Crippen LogP contribution in [-0.2, 0) is 12.1 Å². The van der Waals surface area contributed by atoms with Crippen LogP contribution in [0.3, 0.4) is 0 Å². The minimum absolute atomic E-state index is 0.263. The van der Waals surface area contributed by atoms with Gasteiger partial charge in [-0.25, -0.2) is 4.98 Å². The minimum Gasteiger partial charge on any atom is -0.325 e. The summed E-state index contributed by atoms with van der Waals surface area (Å²) in [5.41, 5.74) is 2.20. The van der Waals surface area contributed by atoms with Crippen molar-refractivity contribution in [3.8, 4) is 11.3 Å². The molecule has 0 aromatic carbocycles. The lowest BCUT2D eigenvalue weighted by atomic mass is 9.96. The Hall–Kier alpha value is -2.92. The number of aromatic nitrogens is 4. The number of aryl methyl sites for hydroxylation is 1. The first-order valence-corrected chi connectivity index (χ1v) is 10.0. The second-order valence-electron chi connectivity index (χ2n) is 7.76. The molecule has 3 aromatic heterocycles. The third-order valence-corrected chi connectivity index (χ3v) is 5.54. The third-order valence-electron chi connectivity index (χ3n) is 5.11. The van der Waals surface area contributed by atoms with E-state index in [0.717, 1.165) is 4.68 Å². The van der Waals surface area contributed by atoms with E-state index < -0.39 is 18.3 Å². The Morgan fingerprint density at radius 3 is 2.61 bits per heavy atom. The number of anilines is 1. The highest BCUT2D eigenvalue weighted by Crippen LogP contribution is 2.43. The molecular formula is C20H18F3N5O2S. The summed E-state index contributed by atoms with van der Waals surface area (Å²) in [6, 6.07) is 3.49. The summed E-state index contributed by atoms with van der Waals surface area (Å²) >= 11 is 0.569. The van der Waals surface area contributed by atoms with Crippen LogP contribution >= 0.6 is 12.0 Å². The summed E-state index contributed by atoms with van der Waals surface area (Å²) in [6.45, 7) is 4.11. The molecule has 0 unspecified atom stereocenters. The number of hydrogen-bond acceptors (Lipinski definition) is 6. The van der Waals surface area contributed by atoms with E-state index in [1.165, 1.54) is 23.5 Å². The Morgan fingerprint density at radius 2 is 1.94 bits per heavy atom. The topological polar surface area (TPSA) is 84.1 Å². The van der Waals surface area contributed by atoms with Crippen LogP contribution in [0.1, 0.15) is 35.5 Å². The number of carbonyl (C=O) groups excluding carboxylic acids is 1. The zero-order chi connectivity index (χ0) is 22.6. The molecule has 0 radical (unpaired) electrons. The SMILES string of the molecule is Cc1cc(-c2cncc(SO)c2)nc2c1C(=O)N(c1cnn(CC(F)(F)F)c1)C2(C)C. The standard InChI is InChI=1S/C20H18F3N5O2S/c1-11-4-15(12-5-14(31-30)8-24-6-12)26-17-16(11)18(29)28(19(17,2)3)13-7-25-27(9-13)10-20(21,22)23/h4-9,30H,10H2,1-3H3. The van der Waals surface area contributed by atoms with Gasteiger partial charge in [0.1, 0.15) is 6.54 Å². The average molecular weight is 449 g/mol. The first-order chi connectivity index (χ1) is 14.5. The van der Waals surface area contributed by atoms with Gasteiger partial charge in [-0.2, -0.15) is 18.3 Å². The van der Waals surface area contributed by atoms with E-state index in [9.17, 15) is 22.5 Å². The second-order valence-corrected chi connectivity index (χ2v) is 8.41. The molecule has 0 aliphatic carbocycles. The minimum atomic E-state index is -4.42. The molecule has 0 atom stereocenters. The van der Waals surface area contributed by atoms with Gasteiger partial charge in [-0.3, -0.25) is 19.4 Å². The maximum Gasteiger partial charge on any atom is 0.408 e. The molecule has 0 saturated carbocycles. The molecule has 162 valence electrons. The molecule has 0 fully saturated rings. The average Bonchev–Trinajstić information content (AvgIpc) is 3.20. The van der Waals surface area contributed by atoms with Crippen LogP contribution in [0.5, 0.6) is 0 Å². The summed E-state index contributed by atoms with van der Waals surface area (Å²) in [7, 11) is 0. The molecule has 1 N–H and O–H groups in total. The van der Waals surface area contributed by atoms with E-state index in [1.54, 1.807) is 39.1 Å². The lowest BCUT2D eigenvalue weighted by molar-refractivity contribution is -0.142. The number of nitrogens with zero attached hydrogens (tertiary/aromatic N) is 5. The van der Waals surface area contributed by atoms with Crippen LogP contribution in [-0.4, -0.2) is 36.4 Å². The van der Waals surface area contributed by atoms with Crippen LogP contribution in [0, 0.1) is 6.92 Å². The Kier molecular flexibility index (Phi) is 5.05. The van der Waals surface area contributed by atoms with Crippen LogP contribution in [0.15, 0.2) is 41.8 Å². The Labute approximate surface area is 180 Å². The largest absolute Gasteiger partial charge is 0.408 e. The monoisotopic (exact) mass is 449 g/mol. The Bertz CT molecular complexity index is 1180. The van der Waals surface area contributed by atoms with Crippen molar-refractivity contribution >= 4 is 23.6 Å². The van der Waals surface area contributed by atoms with Gasteiger partial charge in [-0.15, -0.1) is 0 Å². The van der Waals surface area contributed by atoms with Crippen molar-refractivity contribution in [1.82, 2.24) is 19.7 Å². The van der Waals surface area contributed by atoms with Gasteiger partial charge in [0.25, 0.3) is 5.91 Å². The molecule has 0 spiro atoms. The van der Waals surface area contributed by atoms with Crippen molar-refractivity contribution in [1.29, 1.82) is 0 Å². The fourth-order valence-corrected chi connectivity index (χ4v) is 4.08. The lowest BCUT2D eigenvalue weighted by Gasteiger charge is -2.30. The number of rotatable bonds is 4. The Morgan fingerprint density at radius 1 is 1.19 bits per heavy atom. The van der Waals surface area contributed by atoms with Crippen molar-refractivity contribution < 1.29 is 22.5 Å². The fourth-order valence-electron chi connectivity index (χ4n) is 3.79. The van der Waals surface area contributed by atoms with Crippen LogP contribution in [0.4, 0.5) is 18.9 Å². The van der Waals surface area contributed by atoms with Gasteiger partial charge in [0.2, 0.25) is 0 Å². The molecule has 7 nitrogen and oxygen atoms in total. The zero-order valence-corrected chi connectivity index (χ0v) is 17.6. The number of carbonyl (C=O) groups is 1. The van der Waals surface area contributed by atoms with Crippen molar-refractivity contribution in [3.63, 3.8) is 0 Å². The smallest absolute Gasteiger partial charge is 0.325 e. The quantitative estimate of drug-likeness (QED) is 0.583. The lowest BCUT2D eigenvalue weighted by Crippen LogP contribution is -2.39. The molecule has 1 aliphatic heterocycles. The Balaban J connectivity index is 1.77. The summed E-state index contributed by atoms with van der Waals surface area (Å²) in [5.74, 6) is -0.346. The fraction of sp³-hybridized carbons (Fsp3) is 0.300. The van der Waals surface area contributed by atoms with E-state index in [2.05, 4.69) is 10.1 Å². The van der Waals surface area contributed by atoms with Crippen molar-refractivity contribution in [3.05, 3.63) is 53.7 Å². The summed E-state index contributed by atoms with van der Waals surface area (Å²) in [5, 5.41) is 3.76. The van der Waals surface area contributed by atoms with E-state index >= 15 is 0 Å². The molecule has 31 heavy (non-hydrogen) atoms. The van der Waals surface area contributed by atoms with Crippen molar-refractivity contribution in [2.75, 3.05) is 4.90 Å². The highest BCUT2D eigenvalue weighted by atomic mass is 32.2. The van der Waals surface area contributed by atoms with Gasteiger partial charge in [0, 0.05) is 36.2 Å². The highest BCUT2D eigenvalue weighted by Gasteiger charge is 2.47. The maximum atomic E-state index is 13.3. The molecule has 4 heterocycles. The van der Waals surface area contributed by atoms with E-state index in [4.69, 9.17) is 4.98 Å². The second kappa shape index (κ2) is 7.34. The van der Waals surface area contributed by atoms with Crippen molar-refractivity contribution in [2.45, 2.75) is 43.9 Å². The van der Waals surface area contributed by atoms with Crippen molar-refractivity contribution in [2.24, 2.45) is 0 Å². The number of alkyl halides is 3. The number of hydrogen-bond donors (Lipinski definition) is 1. The number of pyridine rings is 2. The normalized spacial score (nSPS) is 15.5. The first kappa shape index (κ1) is 21.3. The predicted octanol–water partition coefficient (Wildman–Crippen LogP) is 4.67. The van der Waals surface area contributed by atoms with E-state index in [0.29, 0.717) is 45.0 Å². The molecule has 3 aromatic rings. The van der Waals surface area contributed by atoms with Crippen LogP contribution < -0.4 is 4.90 Å². The number of fused-ring (bicyclic) bond motifs is 1. The number of amides is 1. The first-order valence-electron chi connectivity index (χ1n) is 9.24. The van der Waals surface area contributed by atoms with Crippen LogP contribution in [0.2, 0.25) is 0 Å². The van der Waals surface area contributed by atoms with E-state index in [-0.39, 0.29) is 11.6 Å². The number of halogens is 3. The van der Waals surface area contributed by atoms with Gasteiger partial charge >= 0.3 is 6.18 Å².